The van der Waals surface area contributed by atoms with Gasteiger partial charge in [-0.1, -0.05) is 30.3 Å². The second-order valence-corrected chi connectivity index (χ2v) is 3.14. The number of hydrogen-bond acceptors (Lipinski definition) is 3. The molecule has 2 N–H and O–H groups in total. The zero-order chi connectivity index (χ0) is 11.8. The van der Waals surface area contributed by atoms with E-state index in [-0.39, 0.29) is 36.2 Å². The fraction of sp³-hybridized carbons (Fsp3) is 0.167. The predicted octanol–water partition coefficient (Wildman–Crippen LogP) is 0.433. The molecule has 0 aromatic heterocycles. The number of primary amides is 1. The van der Waals surface area contributed by atoms with E-state index >= 15 is 0 Å². The van der Waals surface area contributed by atoms with E-state index in [1.165, 1.54) is 0 Å². The summed E-state index contributed by atoms with van der Waals surface area (Å²) in [5.74, 6) is -1.23. The van der Waals surface area contributed by atoms with Crippen molar-refractivity contribution in [2.75, 3.05) is 6.61 Å². The molecule has 0 aliphatic carbocycles. The van der Waals surface area contributed by atoms with Crippen molar-refractivity contribution in [1.82, 2.24) is 0 Å². The van der Waals surface area contributed by atoms with Gasteiger partial charge < -0.3 is 10.5 Å². The molecule has 4 nitrogen and oxygen atoms in total. The van der Waals surface area contributed by atoms with Crippen molar-refractivity contribution in [2.45, 2.75) is 6.42 Å². The van der Waals surface area contributed by atoms with Gasteiger partial charge in [0.2, 0.25) is 5.91 Å². The van der Waals surface area contributed by atoms with Crippen molar-refractivity contribution in [1.29, 1.82) is 0 Å². The standard InChI is InChI=1S/C12H13NO3.Na/c13-11(14)6-7-12(15)16-9-8-10-4-2-1-3-5-10;/h1-7H,8-9H2,(H2,13,14);/b7-6-;. The van der Waals surface area contributed by atoms with E-state index < -0.39 is 11.9 Å². The number of carbonyl (C=O) groups is 2. The first kappa shape index (κ1) is 15.9. The summed E-state index contributed by atoms with van der Waals surface area (Å²) in [6.45, 7) is 0.284. The van der Waals surface area contributed by atoms with Crippen LogP contribution in [0, 0.1) is 0 Å². The van der Waals surface area contributed by atoms with E-state index in [0.717, 1.165) is 17.7 Å². The van der Waals surface area contributed by atoms with Gasteiger partial charge in [0.25, 0.3) is 0 Å². The minimum absolute atomic E-state index is 0. The summed E-state index contributed by atoms with van der Waals surface area (Å²) in [5, 5.41) is 0. The minimum Gasteiger partial charge on any atom is -0.462 e. The fourth-order valence-electron chi connectivity index (χ4n) is 1.11. The Kier molecular flexibility index (Phi) is 8.40. The van der Waals surface area contributed by atoms with E-state index in [1.54, 1.807) is 0 Å². The average molecular weight is 242 g/mol. The largest absolute Gasteiger partial charge is 0.462 e. The zero-order valence-corrected chi connectivity index (χ0v) is 11.8. The van der Waals surface area contributed by atoms with E-state index in [4.69, 9.17) is 10.5 Å². The topological polar surface area (TPSA) is 69.4 Å². The summed E-state index contributed by atoms with van der Waals surface area (Å²) in [5.41, 5.74) is 5.92. The monoisotopic (exact) mass is 242 g/mol. The number of esters is 1. The van der Waals surface area contributed by atoms with Crippen LogP contribution < -0.4 is 5.73 Å². The molecule has 0 heterocycles. The van der Waals surface area contributed by atoms with Crippen LogP contribution in [0.15, 0.2) is 42.5 Å². The molecule has 5 heteroatoms. The minimum atomic E-state index is -0.667. The van der Waals surface area contributed by atoms with Crippen LogP contribution in [0.25, 0.3) is 0 Å². The van der Waals surface area contributed by atoms with Crippen LogP contribution in [-0.4, -0.2) is 48.0 Å². The number of hydrogen-bond donors (Lipinski definition) is 1. The van der Waals surface area contributed by atoms with Crippen molar-refractivity contribution >= 4 is 41.4 Å². The third kappa shape index (κ3) is 7.74. The van der Waals surface area contributed by atoms with Crippen LogP contribution in [0.5, 0.6) is 0 Å². The van der Waals surface area contributed by atoms with Crippen molar-refractivity contribution in [2.24, 2.45) is 5.73 Å². The van der Waals surface area contributed by atoms with Gasteiger partial charge in [-0.25, -0.2) is 4.79 Å². The number of amides is 1. The van der Waals surface area contributed by atoms with E-state index in [9.17, 15) is 9.59 Å². The summed E-state index contributed by atoms with van der Waals surface area (Å²) in [6.07, 6.45) is 2.65. The quantitative estimate of drug-likeness (QED) is 0.462. The molecule has 0 fully saturated rings. The van der Waals surface area contributed by atoms with Gasteiger partial charge in [0.1, 0.15) is 0 Å². The first-order valence-electron chi connectivity index (χ1n) is 4.86. The van der Waals surface area contributed by atoms with Gasteiger partial charge >= 0.3 is 5.97 Å². The van der Waals surface area contributed by atoms with Crippen molar-refractivity contribution in [3.63, 3.8) is 0 Å². The Morgan fingerprint density at radius 2 is 1.82 bits per heavy atom. The average Bonchev–Trinajstić information content (AvgIpc) is 2.28. The first-order chi connectivity index (χ1) is 7.68. The smallest absolute Gasteiger partial charge is 0.330 e. The summed E-state index contributed by atoms with van der Waals surface area (Å²) < 4.78 is 4.86. The van der Waals surface area contributed by atoms with Crippen LogP contribution in [0.2, 0.25) is 0 Å². The Morgan fingerprint density at radius 3 is 2.41 bits per heavy atom. The molecule has 0 aliphatic heterocycles. The Morgan fingerprint density at radius 1 is 1.18 bits per heavy atom. The first-order valence-corrected chi connectivity index (χ1v) is 4.86. The van der Waals surface area contributed by atoms with Crippen LogP contribution >= 0.6 is 0 Å². The summed E-state index contributed by atoms with van der Waals surface area (Å²) in [4.78, 5) is 21.3. The van der Waals surface area contributed by atoms with Crippen LogP contribution in [0.4, 0.5) is 0 Å². The Hall–Kier alpha value is -1.10. The van der Waals surface area contributed by atoms with Gasteiger partial charge in [-0.05, 0) is 5.56 Å². The van der Waals surface area contributed by atoms with Crippen LogP contribution in [0.1, 0.15) is 5.56 Å². The molecular weight excluding hydrogens is 229 g/mol. The maximum absolute atomic E-state index is 11.0. The SMILES string of the molecule is NC(=O)/C=C\C(=O)OCCc1ccccc1.[Na]. The molecule has 0 saturated carbocycles. The molecule has 0 saturated heterocycles. The zero-order valence-electron chi connectivity index (χ0n) is 9.76. The normalized spacial score (nSPS) is 9.65. The molecule has 0 bridgehead atoms. The summed E-state index contributed by atoms with van der Waals surface area (Å²) in [6, 6.07) is 9.67. The van der Waals surface area contributed by atoms with Gasteiger partial charge in [-0.15, -0.1) is 0 Å². The Labute approximate surface area is 122 Å². The number of carbonyl (C=O) groups excluding carboxylic acids is 2. The van der Waals surface area contributed by atoms with Gasteiger partial charge in [-0.2, -0.15) is 0 Å². The molecule has 1 aromatic rings. The number of benzene rings is 1. The number of nitrogens with two attached hydrogens (primary N) is 1. The fourth-order valence-corrected chi connectivity index (χ4v) is 1.11. The molecule has 0 unspecified atom stereocenters. The molecule has 85 valence electrons. The number of ether oxygens (including phenoxy) is 1. The maximum atomic E-state index is 11.0. The molecule has 0 atom stereocenters. The van der Waals surface area contributed by atoms with Crippen molar-refractivity contribution < 1.29 is 14.3 Å². The second-order valence-electron chi connectivity index (χ2n) is 3.14. The molecule has 1 aromatic carbocycles. The summed E-state index contributed by atoms with van der Waals surface area (Å²) >= 11 is 0. The molecule has 1 radical (unpaired) electrons. The van der Waals surface area contributed by atoms with E-state index in [1.807, 2.05) is 30.3 Å². The maximum Gasteiger partial charge on any atom is 0.330 e. The van der Waals surface area contributed by atoms with Crippen molar-refractivity contribution in [3.05, 3.63) is 48.0 Å². The van der Waals surface area contributed by atoms with Crippen LogP contribution in [-0.2, 0) is 20.7 Å². The molecule has 1 rings (SSSR count). The van der Waals surface area contributed by atoms with E-state index in [0.29, 0.717) is 6.42 Å². The molecule has 0 aliphatic rings. The third-order valence-corrected chi connectivity index (χ3v) is 1.86. The third-order valence-electron chi connectivity index (χ3n) is 1.86. The van der Waals surface area contributed by atoms with E-state index in [2.05, 4.69) is 0 Å². The summed E-state index contributed by atoms with van der Waals surface area (Å²) in [7, 11) is 0. The van der Waals surface area contributed by atoms with Gasteiger partial charge in [0.15, 0.2) is 0 Å². The molecule has 0 spiro atoms. The molecular formula is C12H13NNaO3. The van der Waals surface area contributed by atoms with Crippen molar-refractivity contribution in [3.8, 4) is 0 Å². The number of rotatable bonds is 5. The Balaban J connectivity index is 0.00000256. The Bertz CT molecular complexity index is 390. The van der Waals surface area contributed by atoms with Gasteiger partial charge in [-0.3, -0.25) is 4.79 Å². The molecule has 1 amide bonds. The van der Waals surface area contributed by atoms with Gasteiger partial charge in [0, 0.05) is 48.1 Å². The second kappa shape index (κ2) is 8.98. The molecule has 17 heavy (non-hydrogen) atoms. The predicted molar refractivity (Wildman–Crippen MR) is 65.2 cm³/mol. The van der Waals surface area contributed by atoms with Crippen LogP contribution in [0.3, 0.4) is 0 Å². The van der Waals surface area contributed by atoms with Gasteiger partial charge in [0.05, 0.1) is 6.61 Å².